The average molecular weight is 321 g/mol. The molecule has 1 fully saturated rings. The molecule has 0 bridgehead atoms. The van der Waals surface area contributed by atoms with Gasteiger partial charge in [0.1, 0.15) is 5.75 Å². The van der Waals surface area contributed by atoms with Gasteiger partial charge in [0.05, 0.1) is 19.3 Å². The van der Waals surface area contributed by atoms with Gasteiger partial charge in [-0.15, -0.1) is 0 Å². The maximum absolute atomic E-state index is 11.9. The molecule has 0 aliphatic carbocycles. The van der Waals surface area contributed by atoms with Crippen molar-refractivity contribution in [1.29, 1.82) is 0 Å². The highest BCUT2D eigenvalue weighted by atomic mass is 16.5. The monoisotopic (exact) mass is 321 g/mol. The maximum atomic E-state index is 11.9. The first kappa shape index (κ1) is 17.7. The van der Waals surface area contributed by atoms with Crippen molar-refractivity contribution in [2.75, 3.05) is 40.3 Å². The summed E-state index contributed by atoms with van der Waals surface area (Å²) in [6.07, 6.45) is 0.952. The van der Waals surface area contributed by atoms with Crippen LogP contribution in [0.5, 0.6) is 5.75 Å². The number of carbonyl (C=O) groups is 1. The van der Waals surface area contributed by atoms with Crippen LogP contribution in [0.15, 0.2) is 24.3 Å². The number of β-amino-alcohol motifs (C(OH)–C–C–N with tert-alkyl or cyclic N) is 1. The maximum Gasteiger partial charge on any atom is 0.223 e. The molecule has 1 unspecified atom stereocenters. The van der Waals surface area contributed by atoms with E-state index in [1.807, 2.05) is 31.3 Å². The number of rotatable bonds is 7. The zero-order chi connectivity index (χ0) is 16.9. The molecule has 1 aliphatic rings. The van der Waals surface area contributed by atoms with E-state index in [1.54, 1.807) is 12.0 Å². The summed E-state index contributed by atoms with van der Waals surface area (Å²) in [5.41, 5.74) is 5.74. The van der Waals surface area contributed by atoms with E-state index in [0.717, 1.165) is 17.9 Å². The SMILES string of the molecule is COc1ccc(CN(C)CC2(O)CCN(C(=O)CCN)C2)cc1. The molecule has 1 heterocycles. The Hall–Kier alpha value is -1.63. The highest BCUT2D eigenvalue weighted by molar-refractivity contribution is 5.76. The Labute approximate surface area is 137 Å². The van der Waals surface area contributed by atoms with Crippen molar-refractivity contribution in [1.82, 2.24) is 9.80 Å². The third kappa shape index (κ3) is 4.92. The molecular weight excluding hydrogens is 294 g/mol. The van der Waals surface area contributed by atoms with Gasteiger partial charge in [-0.25, -0.2) is 0 Å². The predicted octanol–water partition coefficient (Wildman–Crippen LogP) is 0.439. The Bertz CT molecular complexity index is 520. The first-order valence-electron chi connectivity index (χ1n) is 7.97. The summed E-state index contributed by atoms with van der Waals surface area (Å²) in [5.74, 6) is 0.862. The Morgan fingerprint density at radius 1 is 1.43 bits per heavy atom. The van der Waals surface area contributed by atoms with Crippen molar-refractivity contribution >= 4 is 5.91 Å². The van der Waals surface area contributed by atoms with Crippen LogP contribution in [0, 0.1) is 0 Å². The second kappa shape index (κ2) is 7.77. The average Bonchev–Trinajstić information content (AvgIpc) is 2.90. The fourth-order valence-corrected chi connectivity index (χ4v) is 3.08. The molecule has 1 aliphatic heterocycles. The summed E-state index contributed by atoms with van der Waals surface area (Å²) in [7, 11) is 3.63. The number of likely N-dealkylation sites (tertiary alicyclic amines) is 1. The number of nitrogens with zero attached hydrogens (tertiary/aromatic N) is 2. The van der Waals surface area contributed by atoms with Crippen LogP contribution >= 0.6 is 0 Å². The summed E-state index contributed by atoms with van der Waals surface area (Å²) < 4.78 is 5.15. The van der Waals surface area contributed by atoms with Gasteiger partial charge in [0, 0.05) is 32.6 Å². The van der Waals surface area contributed by atoms with Crippen LogP contribution in [-0.2, 0) is 11.3 Å². The van der Waals surface area contributed by atoms with E-state index < -0.39 is 5.60 Å². The van der Waals surface area contributed by atoms with Crippen LogP contribution in [0.4, 0.5) is 0 Å². The normalized spacial score (nSPS) is 21.0. The molecule has 1 atom stereocenters. The lowest BCUT2D eigenvalue weighted by molar-refractivity contribution is -0.131. The lowest BCUT2D eigenvalue weighted by Crippen LogP contribution is -2.44. The molecule has 6 nitrogen and oxygen atoms in total. The van der Waals surface area contributed by atoms with Crippen molar-refractivity contribution in [3.8, 4) is 5.75 Å². The molecular formula is C17H27N3O3. The second-order valence-electron chi connectivity index (χ2n) is 6.35. The smallest absolute Gasteiger partial charge is 0.223 e. The highest BCUT2D eigenvalue weighted by Gasteiger charge is 2.38. The van der Waals surface area contributed by atoms with E-state index in [0.29, 0.717) is 39.0 Å². The Morgan fingerprint density at radius 3 is 2.74 bits per heavy atom. The van der Waals surface area contributed by atoms with Crippen molar-refractivity contribution in [3.05, 3.63) is 29.8 Å². The molecule has 1 aromatic carbocycles. The lowest BCUT2D eigenvalue weighted by atomic mass is 10.0. The van der Waals surface area contributed by atoms with E-state index in [1.165, 1.54) is 0 Å². The highest BCUT2D eigenvalue weighted by Crippen LogP contribution is 2.23. The minimum Gasteiger partial charge on any atom is -0.497 e. The van der Waals surface area contributed by atoms with Gasteiger partial charge in [-0.1, -0.05) is 12.1 Å². The summed E-state index contributed by atoms with van der Waals surface area (Å²) >= 11 is 0. The summed E-state index contributed by atoms with van der Waals surface area (Å²) in [6.45, 7) is 2.62. The van der Waals surface area contributed by atoms with E-state index in [4.69, 9.17) is 10.5 Å². The Morgan fingerprint density at radius 2 is 2.13 bits per heavy atom. The van der Waals surface area contributed by atoms with E-state index in [2.05, 4.69) is 4.90 Å². The number of hydrogen-bond donors (Lipinski definition) is 2. The number of benzene rings is 1. The molecule has 128 valence electrons. The first-order valence-corrected chi connectivity index (χ1v) is 7.97. The number of methoxy groups -OCH3 is 1. The zero-order valence-electron chi connectivity index (χ0n) is 14.0. The fraction of sp³-hybridized carbons (Fsp3) is 0.588. The fourth-order valence-electron chi connectivity index (χ4n) is 3.08. The molecule has 3 N–H and O–H groups in total. The van der Waals surface area contributed by atoms with E-state index in [9.17, 15) is 9.90 Å². The third-order valence-electron chi connectivity index (χ3n) is 4.22. The summed E-state index contributed by atoms with van der Waals surface area (Å²) in [6, 6.07) is 7.90. The van der Waals surface area contributed by atoms with Crippen LogP contribution in [-0.4, -0.2) is 66.8 Å². The second-order valence-corrected chi connectivity index (χ2v) is 6.35. The van der Waals surface area contributed by atoms with Gasteiger partial charge in [0.15, 0.2) is 0 Å². The topological polar surface area (TPSA) is 79.0 Å². The number of nitrogens with two attached hydrogens (primary N) is 1. The van der Waals surface area contributed by atoms with Gasteiger partial charge < -0.3 is 20.5 Å². The minimum atomic E-state index is -0.842. The van der Waals surface area contributed by atoms with E-state index in [-0.39, 0.29) is 5.91 Å². The minimum absolute atomic E-state index is 0.0289. The molecule has 23 heavy (non-hydrogen) atoms. The van der Waals surface area contributed by atoms with Gasteiger partial charge >= 0.3 is 0 Å². The van der Waals surface area contributed by atoms with Crippen molar-refractivity contribution in [2.45, 2.75) is 25.0 Å². The number of amides is 1. The molecule has 2 rings (SSSR count). The number of ether oxygens (including phenoxy) is 1. The van der Waals surface area contributed by atoms with Gasteiger partial charge in [-0.3, -0.25) is 9.69 Å². The number of hydrogen-bond acceptors (Lipinski definition) is 5. The lowest BCUT2D eigenvalue weighted by Gasteiger charge is -2.29. The van der Waals surface area contributed by atoms with E-state index >= 15 is 0 Å². The van der Waals surface area contributed by atoms with Crippen LogP contribution in [0.1, 0.15) is 18.4 Å². The Kier molecular flexibility index (Phi) is 5.98. The van der Waals surface area contributed by atoms with Crippen LogP contribution in [0.3, 0.4) is 0 Å². The van der Waals surface area contributed by atoms with Crippen LogP contribution in [0.25, 0.3) is 0 Å². The first-order chi connectivity index (χ1) is 11.0. The largest absolute Gasteiger partial charge is 0.497 e. The molecule has 0 aromatic heterocycles. The van der Waals surface area contributed by atoms with Gasteiger partial charge in [0.25, 0.3) is 0 Å². The molecule has 1 saturated heterocycles. The van der Waals surface area contributed by atoms with Crippen molar-refractivity contribution in [3.63, 3.8) is 0 Å². The molecule has 0 radical (unpaired) electrons. The Balaban J connectivity index is 1.86. The molecule has 0 saturated carbocycles. The quantitative estimate of drug-likeness (QED) is 0.762. The number of aliphatic hydroxyl groups is 1. The van der Waals surface area contributed by atoms with Crippen molar-refractivity contribution < 1.29 is 14.6 Å². The summed E-state index contributed by atoms with van der Waals surface area (Å²) in [4.78, 5) is 15.7. The van der Waals surface area contributed by atoms with Gasteiger partial charge in [0.2, 0.25) is 5.91 Å². The van der Waals surface area contributed by atoms with Gasteiger partial charge in [-0.2, -0.15) is 0 Å². The molecule has 1 amide bonds. The van der Waals surface area contributed by atoms with Crippen LogP contribution < -0.4 is 10.5 Å². The van der Waals surface area contributed by atoms with Crippen molar-refractivity contribution in [2.24, 2.45) is 5.73 Å². The summed E-state index contributed by atoms with van der Waals surface area (Å²) in [5, 5.41) is 10.7. The standard InChI is InChI=1S/C17H27N3O3/c1-19(11-14-3-5-15(23-2)6-4-14)12-17(22)8-10-20(13-17)16(21)7-9-18/h3-6,22H,7-13,18H2,1-2H3. The van der Waals surface area contributed by atoms with Crippen LogP contribution in [0.2, 0.25) is 0 Å². The molecule has 6 heteroatoms. The molecule has 0 spiro atoms. The zero-order valence-corrected chi connectivity index (χ0v) is 14.0. The third-order valence-corrected chi connectivity index (χ3v) is 4.22. The van der Waals surface area contributed by atoms with Gasteiger partial charge in [-0.05, 0) is 31.2 Å². The predicted molar refractivity (Wildman–Crippen MR) is 89.1 cm³/mol. The molecule has 1 aromatic rings. The number of carbonyl (C=O) groups excluding carboxylic acids is 1. The number of likely N-dealkylation sites (N-methyl/N-ethyl adjacent to an activating group) is 1.